The van der Waals surface area contributed by atoms with Gasteiger partial charge in [-0.1, -0.05) is 29.8 Å². The first-order valence-electron chi connectivity index (χ1n) is 8.19. The molecule has 0 N–H and O–H groups in total. The zero-order valence-corrected chi connectivity index (χ0v) is 14.3. The van der Waals surface area contributed by atoms with Crippen LogP contribution in [0.3, 0.4) is 0 Å². The molecule has 0 aromatic heterocycles. The molecule has 0 heterocycles. The molecule has 1 aliphatic rings. The van der Waals surface area contributed by atoms with Crippen molar-refractivity contribution in [1.82, 2.24) is 9.80 Å². The third kappa shape index (κ3) is 4.99. The van der Waals surface area contributed by atoms with E-state index in [1.807, 2.05) is 17.9 Å². The number of carbonyl (C=O) groups excluding carboxylic acids is 1. The van der Waals surface area contributed by atoms with E-state index in [1.54, 1.807) is 0 Å². The Kier molecular flexibility index (Phi) is 5.78. The van der Waals surface area contributed by atoms with Crippen molar-refractivity contribution < 1.29 is 4.79 Å². The number of rotatable bonds is 7. The van der Waals surface area contributed by atoms with Gasteiger partial charge in [0.25, 0.3) is 0 Å². The van der Waals surface area contributed by atoms with Gasteiger partial charge in [-0.2, -0.15) is 0 Å². The van der Waals surface area contributed by atoms with Gasteiger partial charge >= 0.3 is 0 Å². The molecule has 3 heteroatoms. The molecule has 3 nitrogen and oxygen atoms in total. The van der Waals surface area contributed by atoms with Crippen molar-refractivity contribution in [2.24, 2.45) is 5.92 Å². The van der Waals surface area contributed by atoms with Crippen LogP contribution in [0.15, 0.2) is 35.9 Å². The summed E-state index contributed by atoms with van der Waals surface area (Å²) < 4.78 is 0. The molecule has 0 bridgehead atoms. The second-order valence-electron chi connectivity index (χ2n) is 6.57. The molecule has 0 radical (unpaired) electrons. The Bertz CT molecular complexity index is 527. The molecule has 0 spiro atoms. The largest absolute Gasteiger partial charge is 0.335 e. The van der Waals surface area contributed by atoms with Crippen molar-refractivity contribution in [1.29, 1.82) is 0 Å². The lowest BCUT2D eigenvalue weighted by atomic mass is 10.1. The van der Waals surface area contributed by atoms with Gasteiger partial charge in [-0.3, -0.25) is 4.79 Å². The van der Waals surface area contributed by atoms with Crippen molar-refractivity contribution in [3.05, 3.63) is 47.0 Å². The quantitative estimate of drug-likeness (QED) is 0.720. The van der Waals surface area contributed by atoms with E-state index in [2.05, 4.69) is 50.2 Å². The van der Waals surface area contributed by atoms with Crippen molar-refractivity contribution in [3.63, 3.8) is 0 Å². The highest BCUT2D eigenvalue weighted by Gasteiger charge is 2.24. The number of nitrogens with zero attached hydrogens (tertiary/aromatic N) is 2. The molecule has 0 aliphatic heterocycles. The summed E-state index contributed by atoms with van der Waals surface area (Å²) in [5, 5.41) is 0. The van der Waals surface area contributed by atoms with Gasteiger partial charge in [0.1, 0.15) is 0 Å². The van der Waals surface area contributed by atoms with Crippen LogP contribution in [0, 0.1) is 5.92 Å². The third-order valence-electron chi connectivity index (χ3n) is 4.16. The summed E-state index contributed by atoms with van der Waals surface area (Å²) in [5.41, 5.74) is 3.73. The highest BCUT2D eigenvalue weighted by Crippen LogP contribution is 2.36. The number of allylic oxidation sites excluding steroid dienone is 1. The minimum absolute atomic E-state index is 0.143. The normalized spacial score (nSPS) is 15.2. The summed E-state index contributed by atoms with van der Waals surface area (Å²) >= 11 is 0. The second-order valence-corrected chi connectivity index (χ2v) is 6.57. The fraction of sp³-hybridized carbons (Fsp3) is 0.526. The molecule has 0 atom stereocenters. The predicted molar refractivity (Wildman–Crippen MR) is 91.4 cm³/mol. The maximum atomic E-state index is 12.4. The van der Waals surface area contributed by atoms with E-state index < -0.39 is 0 Å². The van der Waals surface area contributed by atoms with Crippen LogP contribution >= 0.6 is 0 Å². The van der Waals surface area contributed by atoms with Gasteiger partial charge in [0.05, 0.1) is 0 Å². The van der Waals surface area contributed by atoms with Crippen LogP contribution in [-0.2, 0) is 17.9 Å². The highest BCUT2D eigenvalue weighted by atomic mass is 16.2. The molecular formula is C19H28N2O. The van der Waals surface area contributed by atoms with E-state index in [9.17, 15) is 4.79 Å². The number of benzene rings is 1. The average Bonchev–Trinajstić information content (AvgIpc) is 3.30. The summed E-state index contributed by atoms with van der Waals surface area (Å²) in [4.78, 5) is 16.4. The Morgan fingerprint density at radius 2 is 1.68 bits per heavy atom. The molecule has 0 saturated heterocycles. The zero-order valence-electron chi connectivity index (χ0n) is 14.3. The van der Waals surface area contributed by atoms with Gasteiger partial charge in [-0.25, -0.2) is 0 Å². The molecule has 1 aliphatic carbocycles. The molecular weight excluding hydrogens is 272 g/mol. The molecule has 1 amide bonds. The lowest BCUT2D eigenvalue weighted by Gasteiger charge is -2.20. The fourth-order valence-electron chi connectivity index (χ4n) is 2.62. The number of likely N-dealkylation sites (N-methyl/N-ethyl adjacent to an activating group) is 1. The predicted octanol–water partition coefficient (Wildman–Crippen LogP) is 3.45. The van der Waals surface area contributed by atoms with Crippen LogP contribution in [0.1, 0.15) is 37.8 Å². The van der Waals surface area contributed by atoms with Gasteiger partial charge in [0.15, 0.2) is 0 Å². The highest BCUT2D eigenvalue weighted by molar-refractivity contribution is 5.88. The van der Waals surface area contributed by atoms with Gasteiger partial charge < -0.3 is 9.80 Å². The summed E-state index contributed by atoms with van der Waals surface area (Å²) in [6.45, 7) is 6.50. The minimum atomic E-state index is 0.143. The molecule has 1 aromatic rings. The molecule has 120 valence electrons. The lowest BCUT2D eigenvalue weighted by molar-refractivity contribution is -0.126. The maximum Gasteiger partial charge on any atom is 0.246 e. The Morgan fingerprint density at radius 1 is 1.14 bits per heavy atom. The molecule has 1 saturated carbocycles. The smallest absolute Gasteiger partial charge is 0.246 e. The molecule has 2 rings (SSSR count). The van der Waals surface area contributed by atoms with Gasteiger partial charge in [-0.05, 0) is 57.8 Å². The van der Waals surface area contributed by atoms with Crippen molar-refractivity contribution >= 4 is 5.91 Å². The Balaban J connectivity index is 1.97. The Morgan fingerprint density at radius 3 is 2.14 bits per heavy atom. The monoisotopic (exact) mass is 300 g/mol. The summed E-state index contributed by atoms with van der Waals surface area (Å²) in [5.74, 6) is 0.803. The van der Waals surface area contributed by atoms with Crippen molar-refractivity contribution in [2.45, 2.75) is 39.8 Å². The SMILES string of the molecule is CCN(Cc1ccc(CN(C)C)cc1)C(=O)/C=C(/C)C1CC1. The Labute approximate surface area is 134 Å². The molecule has 1 aromatic carbocycles. The van der Waals surface area contributed by atoms with E-state index >= 15 is 0 Å². The Hall–Kier alpha value is -1.61. The third-order valence-corrected chi connectivity index (χ3v) is 4.16. The van der Waals surface area contributed by atoms with Crippen LogP contribution < -0.4 is 0 Å². The molecule has 0 unspecified atom stereocenters. The molecule has 22 heavy (non-hydrogen) atoms. The minimum Gasteiger partial charge on any atom is -0.335 e. The first kappa shape index (κ1) is 16.8. The first-order chi connectivity index (χ1) is 10.5. The van der Waals surface area contributed by atoms with Crippen LogP contribution in [0.25, 0.3) is 0 Å². The second kappa shape index (κ2) is 7.59. The lowest BCUT2D eigenvalue weighted by Crippen LogP contribution is -2.29. The summed E-state index contributed by atoms with van der Waals surface area (Å²) in [6, 6.07) is 8.57. The number of carbonyl (C=O) groups is 1. The molecule has 1 fully saturated rings. The van der Waals surface area contributed by atoms with E-state index in [4.69, 9.17) is 0 Å². The zero-order chi connectivity index (χ0) is 16.1. The van der Waals surface area contributed by atoms with Gasteiger partial charge in [-0.15, -0.1) is 0 Å². The summed E-state index contributed by atoms with van der Waals surface area (Å²) in [7, 11) is 4.14. The number of hydrogen-bond acceptors (Lipinski definition) is 2. The maximum absolute atomic E-state index is 12.4. The fourth-order valence-corrected chi connectivity index (χ4v) is 2.62. The first-order valence-corrected chi connectivity index (χ1v) is 8.19. The van der Waals surface area contributed by atoms with Crippen molar-refractivity contribution in [2.75, 3.05) is 20.6 Å². The van der Waals surface area contributed by atoms with Crippen LogP contribution in [0.2, 0.25) is 0 Å². The number of hydrogen-bond donors (Lipinski definition) is 0. The van der Waals surface area contributed by atoms with Crippen LogP contribution in [0.5, 0.6) is 0 Å². The number of amides is 1. The van der Waals surface area contributed by atoms with Crippen molar-refractivity contribution in [3.8, 4) is 0 Å². The van der Waals surface area contributed by atoms with E-state index in [-0.39, 0.29) is 5.91 Å². The van der Waals surface area contributed by atoms with Crippen LogP contribution in [0.4, 0.5) is 0 Å². The van der Waals surface area contributed by atoms with E-state index in [0.29, 0.717) is 12.5 Å². The summed E-state index contributed by atoms with van der Waals surface area (Å²) in [6.07, 6.45) is 4.33. The average molecular weight is 300 g/mol. The van der Waals surface area contributed by atoms with E-state index in [0.717, 1.165) is 13.1 Å². The van der Waals surface area contributed by atoms with Gasteiger partial charge in [0, 0.05) is 25.7 Å². The standard InChI is InChI=1S/C19H28N2O/c1-5-21(19(22)12-15(2)18-10-11-18)14-17-8-6-16(7-9-17)13-20(3)4/h6-9,12,18H,5,10-11,13-14H2,1-4H3/b15-12-. The van der Waals surface area contributed by atoms with Gasteiger partial charge in [0.2, 0.25) is 5.91 Å². The topological polar surface area (TPSA) is 23.6 Å². The van der Waals surface area contributed by atoms with E-state index in [1.165, 1.54) is 29.5 Å². The van der Waals surface area contributed by atoms with Crippen LogP contribution in [-0.4, -0.2) is 36.3 Å².